The molecule has 18 heteroatoms. The Balaban J connectivity index is 1.09. The molecule has 4 fully saturated rings. The lowest BCUT2D eigenvalue weighted by atomic mass is 10.1. The van der Waals surface area contributed by atoms with Gasteiger partial charge in [0.25, 0.3) is 0 Å². The van der Waals surface area contributed by atoms with Crippen molar-refractivity contribution in [2.75, 3.05) is 0 Å². The molecule has 88 heavy (non-hydrogen) atoms. The number of benzene rings is 9. The Labute approximate surface area is 507 Å². The number of rotatable bonds is 14. The van der Waals surface area contributed by atoms with Gasteiger partial charge in [0, 0.05) is 25.7 Å². The van der Waals surface area contributed by atoms with Gasteiger partial charge < -0.3 is 18.9 Å². The molecular weight excluding hydrogens is 1150 g/mol. The van der Waals surface area contributed by atoms with E-state index in [1.807, 2.05) is 24.3 Å². The summed E-state index contributed by atoms with van der Waals surface area (Å²) in [5.74, 6) is -8.39. The van der Waals surface area contributed by atoms with Gasteiger partial charge in [-0.15, -0.1) is 0 Å². The molecule has 0 radical (unpaired) electrons. The molecule has 13 rings (SSSR count). The molecule has 434 valence electrons. The number of ether oxygens (including phenoxy) is 4. The van der Waals surface area contributed by atoms with Crippen LogP contribution in [-0.2, 0) is 19.2 Å². The number of amides is 4. The molecule has 4 amide bonds. The Hall–Kier alpha value is -10.4. The van der Waals surface area contributed by atoms with Gasteiger partial charge in [0.15, 0.2) is 0 Å². The topological polar surface area (TPSA) is 186 Å². The molecule has 0 spiro atoms. The highest BCUT2D eigenvalue weighted by Gasteiger charge is 2.60. The number of hydrogen-bond acceptors (Lipinski definition) is 12. The van der Waals surface area contributed by atoms with Gasteiger partial charge in [-0.3, -0.25) is 19.2 Å². The number of para-hydroxylation sites is 4. The van der Waals surface area contributed by atoms with Gasteiger partial charge >= 0.3 is 23.9 Å². The van der Waals surface area contributed by atoms with Crippen LogP contribution in [0.3, 0.4) is 0 Å². The molecule has 9 aromatic rings. The first-order valence-corrected chi connectivity index (χ1v) is 31.4. The first kappa shape index (κ1) is 56.7. The third-order valence-corrected chi connectivity index (χ3v) is 21.8. The monoisotopic (exact) mass is 1200 g/mol. The molecule has 0 N–H and O–H groups in total. The lowest BCUT2D eigenvalue weighted by molar-refractivity contribution is -0.171. The molecule has 0 unspecified atom stereocenters. The van der Waals surface area contributed by atoms with Gasteiger partial charge in [-0.05, 0) is 122 Å². The van der Waals surface area contributed by atoms with Crippen molar-refractivity contribution in [3.63, 3.8) is 0 Å². The van der Waals surface area contributed by atoms with Gasteiger partial charge in [-0.25, -0.2) is 39.2 Å². The van der Waals surface area contributed by atoms with Crippen molar-refractivity contribution in [1.82, 2.24) is 20.0 Å². The van der Waals surface area contributed by atoms with Crippen LogP contribution in [0.5, 0.6) is 23.0 Å². The van der Waals surface area contributed by atoms with Crippen LogP contribution < -0.4 is 29.6 Å². The quantitative estimate of drug-likeness (QED) is 0.0570. The third-order valence-electron chi connectivity index (χ3n) is 15.7. The Morgan fingerprint density at radius 3 is 0.693 bits per heavy atom. The first-order valence-electron chi connectivity index (χ1n) is 28.4. The largest absolute Gasteiger partial charge is 0.423 e. The molecule has 4 aliphatic heterocycles. The zero-order chi connectivity index (χ0) is 60.4. The summed E-state index contributed by atoms with van der Waals surface area (Å²) in [6.07, 6.45) is -0.744. The molecule has 0 saturated carbocycles. The van der Waals surface area contributed by atoms with Gasteiger partial charge in [-0.2, -0.15) is 0 Å². The second-order valence-corrected chi connectivity index (χ2v) is 25.5. The van der Waals surface area contributed by atoms with Crippen LogP contribution in [0.4, 0.5) is 0 Å². The number of carbonyl (C=O) groups excluding carboxylic acids is 8. The van der Waals surface area contributed by atoms with Gasteiger partial charge in [0.1, 0.15) is 46.1 Å². The minimum absolute atomic E-state index is 0.0861. The van der Waals surface area contributed by atoms with E-state index >= 15 is 19.2 Å². The maximum absolute atomic E-state index is 15.3. The fourth-order valence-electron chi connectivity index (χ4n) is 11.9. The summed E-state index contributed by atoms with van der Waals surface area (Å²) in [4.78, 5) is 121. The molecule has 4 aliphatic rings. The smallest absolute Gasteiger partial charge is 0.343 e. The van der Waals surface area contributed by atoms with E-state index in [0.717, 1.165) is 0 Å². The Morgan fingerprint density at radius 2 is 0.466 bits per heavy atom. The molecule has 4 saturated heterocycles. The maximum atomic E-state index is 15.3. The summed E-state index contributed by atoms with van der Waals surface area (Å²) in [6, 6.07) is 68.5. The van der Waals surface area contributed by atoms with E-state index in [2.05, 4.69) is 0 Å². The fraction of sp³-hybridized carbons (Fsp3) is 0.114. The summed E-state index contributed by atoms with van der Waals surface area (Å²) in [6.45, 7) is 0. The molecular formula is C70H52N4O12P2. The van der Waals surface area contributed by atoms with Gasteiger partial charge in [0.2, 0.25) is 23.6 Å². The van der Waals surface area contributed by atoms with E-state index in [1.54, 1.807) is 218 Å². The maximum Gasteiger partial charge on any atom is 0.343 e. The zero-order valence-electron chi connectivity index (χ0n) is 46.8. The number of nitrogens with zero attached hydrogens (tertiary/aromatic N) is 4. The highest BCUT2D eigenvalue weighted by molar-refractivity contribution is 7.73. The van der Waals surface area contributed by atoms with Crippen LogP contribution in [0, 0.1) is 0 Å². The highest BCUT2D eigenvalue weighted by Crippen LogP contribution is 2.74. The summed E-state index contributed by atoms with van der Waals surface area (Å²) < 4.78 is 24.2. The second-order valence-electron chi connectivity index (χ2n) is 20.9. The van der Waals surface area contributed by atoms with Crippen LogP contribution >= 0.6 is 15.8 Å². The van der Waals surface area contributed by atoms with Crippen LogP contribution in [0.15, 0.2) is 243 Å². The van der Waals surface area contributed by atoms with Crippen molar-refractivity contribution in [3.8, 4) is 23.0 Å². The van der Waals surface area contributed by atoms with E-state index < -0.39 is 86.5 Å². The molecule has 9 aromatic carbocycles. The second kappa shape index (κ2) is 24.5. The van der Waals surface area contributed by atoms with Crippen LogP contribution in [0.1, 0.15) is 113 Å². The van der Waals surface area contributed by atoms with E-state index in [-0.39, 0.29) is 70.9 Å². The predicted molar refractivity (Wildman–Crippen MR) is 328 cm³/mol. The van der Waals surface area contributed by atoms with E-state index in [4.69, 9.17) is 18.9 Å². The van der Waals surface area contributed by atoms with Crippen molar-refractivity contribution in [2.24, 2.45) is 0 Å². The average Bonchev–Trinajstić information content (AvgIpc) is 1.59. The standard InChI is InChI=1S/C70H52N4O12P2/c75-59-41-42-60(76)72-64(50-32-14-18-36-54(50)68(80)84-46-25-7-2-8-26-46)87(63(71(59)72)49-31-13-17-35-53(49)67(79)83-45-23-5-1-6-24-45)57-39-21-22-40-58(57)88-65(51-33-15-19-37-55(51)69(81)85-47-27-9-3-10-28-47)73-61(77)43-44-62(78)74(73)66(88)52-34-16-20-38-56(52)70(82)86-48-29-11-4-12-30-48/h1-40,63-66H,41-44H2/t63-,64-,65-,66-/m1/s1. The molecule has 0 aromatic heterocycles. The van der Waals surface area contributed by atoms with E-state index in [0.29, 0.717) is 32.9 Å². The van der Waals surface area contributed by atoms with Crippen molar-refractivity contribution in [3.05, 3.63) is 287 Å². The van der Waals surface area contributed by atoms with E-state index in [1.165, 1.54) is 20.0 Å². The fourth-order valence-corrected chi connectivity index (χ4v) is 19.4. The Kier molecular flexibility index (Phi) is 15.8. The van der Waals surface area contributed by atoms with Gasteiger partial charge in [0.05, 0.1) is 22.3 Å². The van der Waals surface area contributed by atoms with Crippen molar-refractivity contribution >= 4 is 74.0 Å². The van der Waals surface area contributed by atoms with Crippen molar-refractivity contribution in [1.29, 1.82) is 0 Å². The number of carbonyl (C=O) groups is 8. The van der Waals surface area contributed by atoms with Crippen LogP contribution in [0.25, 0.3) is 0 Å². The normalized spacial score (nSPS) is 18.4. The minimum atomic E-state index is -2.27. The molecule has 4 atom stereocenters. The molecule has 0 bridgehead atoms. The first-order chi connectivity index (χ1) is 43.0. The summed E-state index contributed by atoms with van der Waals surface area (Å²) in [7, 11) is -4.53. The number of esters is 4. The average molecular weight is 1200 g/mol. The third kappa shape index (κ3) is 10.7. The molecule has 16 nitrogen and oxygen atoms in total. The Bertz CT molecular complexity index is 3700. The molecule has 4 heterocycles. The lowest BCUT2D eigenvalue weighted by Crippen LogP contribution is -2.50. The van der Waals surface area contributed by atoms with Gasteiger partial charge in [-0.1, -0.05) is 170 Å². The number of hydrogen-bond donors (Lipinski definition) is 0. The number of fused-ring (bicyclic) bond motifs is 2. The predicted octanol–water partition coefficient (Wildman–Crippen LogP) is 12.3. The Morgan fingerprint density at radius 1 is 0.273 bits per heavy atom. The number of hydrazine groups is 2. The zero-order valence-corrected chi connectivity index (χ0v) is 48.6. The minimum Gasteiger partial charge on any atom is -0.423 e. The van der Waals surface area contributed by atoms with E-state index in [9.17, 15) is 19.2 Å². The van der Waals surface area contributed by atoms with Crippen molar-refractivity contribution < 1.29 is 57.3 Å². The summed E-state index contributed by atoms with van der Waals surface area (Å²) in [5, 5.41) is 6.77. The lowest BCUT2D eigenvalue weighted by Gasteiger charge is -2.37. The van der Waals surface area contributed by atoms with Crippen molar-refractivity contribution in [2.45, 2.75) is 48.8 Å². The molecule has 0 aliphatic carbocycles. The summed E-state index contributed by atoms with van der Waals surface area (Å²) >= 11 is 0. The van der Waals surface area contributed by atoms with Crippen LogP contribution in [0.2, 0.25) is 0 Å². The van der Waals surface area contributed by atoms with Crippen LogP contribution in [-0.4, -0.2) is 67.5 Å². The SMILES string of the molecule is O=C(Oc1ccccc1)c1ccccc1[C@@H]1N2C(=O)CCC(=O)N2[C@@H](c2ccccc2C(=O)Oc2ccccc2)P1c1ccccc1P1[C@H](c2ccccc2C(=O)Oc2ccccc2)N2C(=O)CCC(=O)N2[C@H]1c1ccccc1C(=O)Oc1ccccc1. The summed E-state index contributed by atoms with van der Waals surface area (Å²) in [5.41, 5.74) is 1.64. The highest BCUT2D eigenvalue weighted by atomic mass is 31.1.